The summed E-state index contributed by atoms with van der Waals surface area (Å²) < 4.78 is 0. The lowest BCUT2D eigenvalue weighted by Crippen LogP contribution is -2.31. The normalized spacial score (nSPS) is 21.2. The zero-order chi connectivity index (χ0) is 11.8. The van der Waals surface area contributed by atoms with Gasteiger partial charge in [0.15, 0.2) is 0 Å². The topological polar surface area (TPSA) is 26.0 Å². The third kappa shape index (κ3) is 4.36. The van der Waals surface area contributed by atoms with Gasteiger partial charge in [0.2, 0.25) is 0 Å². The van der Waals surface area contributed by atoms with Gasteiger partial charge in [-0.15, -0.1) is 0 Å². The van der Waals surface area contributed by atoms with E-state index in [0.29, 0.717) is 6.04 Å². The van der Waals surface area contributed by atoms with Gasteiger partial charge in [0.05, 0.1) is 0 Å². The minimum absolute atomic E-state index is 0.322. The molecule has 0 aromatic rings. The summed E-state index contributed by atoms with van der Waals surface area (Å²) in [4.78, 5) is 0. The molecule has 1 unspecified atom stereocenters. The van der Waals surface area contributed by atoms with Crippen LogP contribution in [0.3, 0.4) is 0 Å². The van der Waals surface area contributed by atoms with Gasteiger partial charge < -0.3 is 5.73 Å². The van der Waals surface area contributed by atoms with Gasteiger partial charge in [-0.05, 0) is 37.7 Å². The second kappa shape index (κ2) is 7.45. The van der Waals surface area contributed by atoms with Crippen LogP contribution in [0.25, 0.3) is 0 Å². The number of hydrogen-bond acceptors (Lipinski definition) is 1. The van der Waals surface area contributed by atoms with Crippen LogP contribution >= 0.6 is 0 Å². The van der Waals surface area contributed by atoms with Crippen molar-refractivity contribution in [3.8, 4) is 0 Å². The molecule has 1 heteroatoms. The summed E-state index contributed by atoms with van der Waals surface area (Å²) in [6.07, 6.45) is 15.9. The predicted octanol–water partition coefficient (Wildman–Crippen LogP) is 3.97. The van der Waals surface area contributed by atoms with Crippen molar-refractivity contribution < 1.29 is 0 Å². The highest BCUT2D eigenvalue weighted by molar-refractivity contribution is 5.23. The van der Waals surface area contributed by atoms with Crippen molar-refractivity contribution in [3.63, 3.8) is 0 Å². The summed E-state index contributed by atoms with van der Waals surface area (Å²) in [6.45, 7) is 5.80. The number of allylic oxidation sites excluding steroid dienone is 4. The van der Waals surface area contributed by atoms with E-state index in [1.54, 1.807) is 0 Å². The van der Waals surface area contributed by atoms with E-state index in [4.69, 9.17) is 5.73 Å². The van der Waals surface area contributed by atoms with Crippen LogP contribution in [0, 0.1) is 5.92 Å². The summed E-state index contributed by atoms with van der Waals surface area (Å²) in [5, 5.41) is 0. The second-order valence-electron chi connectivity index (χ2n) is 4.74. The zero-order valence-corrected chi connectivity index (χ0v) is 10.5. The first-order valence-electron chi connectivity index (χ1n) is 6.47. The van der Waals surface area contributed by atoms with E-state index in [-0.39, 0.29) is 0 Å². The molecule has 0 radical (unpaired) electrons. The van der Waals surface area contributed by atoms with Crippen LogP contribution in [-0.2, 0) is 0 Å². The van der Waals surface area contributed by atoms with Crippen LogP contribution < -0.4 is 5.73 Å². The molecule has 1 atom stereocenters. The van der Waals surface area contributed by atoms with Gasteiger partial charge in [0.25, 0.3) is 0 Å². The van der Waals surface area contributed by atoms with Crippen molar-refractivity contribution in [2.75, 3.05) is 0 Å². The fraction of sp³-hybridized carbons (Fsp3) is 0.600. The Balaban J connectivity index is 2.49. The number of nitrogens with two attached hydrogens (primary N) is 1. The van der Waals surface area contributed by atoms with E-state index in [2.05, 4.69) is 24.8 Å². The molecule has 90 valence electrons. The van der Waals surface area contributed by atoms with E-state index < -0.39 is 0 Å². The SMILES string of the molecule is C=C/C=C(\C=C/C)CC(N)C1CCCCC1. The van der Waals surface area contributed by atoms with Crippen LogP contribution in [0.2, 0.25) is 0 Å². The molecule has 0 amide bonds. The summed E-state index contributed by atoms with van der Waals surface area (Å²) in [6, 6.07) is 0.322. The zero-order valence-electron chi connectivity index (χ0n) is 10.5. The minimum atomic E-state index is 0.322. The van der Waals surface area contributed by atoms with Gasteiger partial charge >= 0.3 is 0 Å². The maximum absolute atomic E-state index is 6.30. The summed E-state index contributed by atoms with van der Waals surface area (Å²) >= 11 is 0. The summed E-state index contributed by atoms with van der Waals surface area (Å²) in [5.41, 5.74) is 7.60. The van der Waals surface area contributed by atoms with E-state index in [1.807, 2.05) is 13.0 Å². The lowest BCUT2D eigenvalue weighted by Gasteiger charge is -2.27. The van der Waals surface area contributed by atoms with Gasteiger partial charge in [0, 0.05) is 6.04 Å². The van der Waals surface area contributed by atoms with Crippen molar-refractivity contribution in [1.29, 1.82) is 0 Å². The number of rotatable bonds is 5. The molecule has 0 heterocycles. The van der Waals surface area contributed by atoms with Gasteiger partial charge in [-0.3, -0.25) is 0 Å². The molecule has 1 nitrogen and oxygen atoms in total. The first kappa shape index (κ1) is 13.2. The van der Waals surface area contributed by atoms with E-state index in [1.165, 1.54) is 37.7 Å². The van der Waals surface area contributed by atoms with Crippen LogP contribution in [-0.4, -0.2) is 6.04 Å². The van der Waals surface area contributed by atoms with Gasteiger partial charge in [0.1, 0.15) is 0 Å². The summed E-state index contributed by atoms with van der Waals surface area (Å²) in [5.74, 6) is 0.729. The molecule has 16 heavy (non-hydrogen) atoms. The Bertz CT molecular complexity index is 257. The highest BCUT2D eigenvalue weighted by Gasteiger charge is 2.20. The highest BCUT2D eigenvalue weighted by Crippen LogP contribution is 2.28. The molecule has 1 aliphatic rings. The Hall–Kier alpha value is -0.820. The van der Waals surface area contributed by atoms with E-state index in [9.17, 15) is 0 Å². The highest BCUT2D eigenvalue weighted by atomic mass is 14.6. The van der Waals surface area contributed by atoms with Crippen molar-refractivity contribution in [2.45, 2.75) is 51.5 Å². The molecule has 1 saturated carbocycles. The Morgan fingerprint density at radius 2 is 2.06 bits per heavy atom. The van der Waals surface area contributed by atoms with Crippen LogP contribution in [0.15, 0.2) is 36.5 Å². The maximum Gasteiger partial charge on any atom is 0.0108 e. The van der Waals surface area contributed by atoms with E-state index >= 15 is 0 Å². The Kier molecular flexibility index (Phi) is 6.17. The molecule has 0 bridgehead atoms. The standard InChI is InChI=1S/C15H25N/c1-3-8-13(9-4-2)12-15(16)14-10-6-5-7-11-14/h3-4,8-9,14-15H,1,5-7,10-12,16H2,2H3/b9-4-,13-8+. The second-order valence-corrected chi connectivity index (χ2v) is 4.74. The van der Waals surface area contributed by atoms with Gasteiger partial charge in [-0.2, -0.15) is 0 Å². The molecule has 0 aliphatic heterocycles. The lowest BCUT2D eigenvalue weighted by atomic mass is 9.82. The first-order valence-corrected chi connectivity index (χ1v) is 6.47. The molecular formula is C15H25N. The average molecular weight is 219 g/mol. The first-order chi connectivity index (χ1) is 7.77. The van der Waals surface area contributed by atoms with Crippen molar-refractivity contribution in [3.05, 3.63) is 36.5 Å². The third-order valence-electron chi connectivity index (χ3n) is 3.44. The molecule has 0 aromatic carbocycles. The lowest BCUT2D eigenvalue weighted by molar-refractivity contribution is 0.304. The van der Waals surface area contributed by atoms with Crippen LogP contribution in [0.5, 0.6) is 0 Å². The average Bonchev–Trinajstić information content (AvgIpc) is 2.31. The summed E-state index contributed by atoms with van der Waals surface area (Å²) in [7, 11) is 0. The van der Waals surface area contributed by atoms with Crippen molar-refractivity contribution in [2.24, 2.45) is 11.7 Å². The number of hydrogen-bond donors (Lipinski definition) is 1. The Morgan fingerprint density at radius 1 is 1.38 bits per heavy atom. The molecule has 2 N–H and O–H groups in total. The van der Waals surface area contributed by atoms with Crippen LogP contribution in [0.4, 0.5) is 0 Å². The largest absolute Gasteiger partial charge is 0.327 e. The fourth-order valence-electron chi connectivity index (χ4n) is 2.56. The monoisotopic (exact) mass is 219 g/mol. The van der Waals surface area contributed by atoms with Gasteiger partial charge in [-0.25, -0.2) is 0 Å². The maximum atomic E-state index is 6.30. The smallest absolute Gasteiger partial charge is 0.0108 e. The molecule has 0 spiro atoms. The molecule has 0 aromatic heterocycles. The molecule has 1 rings (SSSR count). The van der Waals surface area contributed by atoms with E-state index in [0.717, 1.165) is 12.3 Å². The predicted molar refractivity (Wildman–Crippen MR) is 72.3 cm³/mol. The third-order valence-corrected chi connectivity index (χ3v) is 3.44. The van der Waals surface area contributed by atoms with Gasteiger partial charge in [-0.1, -0.05) is 50.1 Å². The molecule has 1 aliphatic carbocycles. The van der Waals surface area contributed by atoms with Crippen LogP contribution in [0.1, 0.15) is 45.4 Å². The Morgan fingerprint density at radius 3 is 2.62 bits per heavy atom. The molecular weight excluding hydrogens is 194 g/mol. The van der Waals surface area contributed by atoms with Crippen molar-refractivity contribution in [1.82, 2.24) is 0 Å². The quantitative estimate of drug-likeness (QED) is 0.696. The molecule has 1 fully saturated rings. The molecule has 0 saturated heterocycles. The fourth-order valence-corrected chi connectivity index (χ4v) is 2.56. The van der Waals surface area contributed by atoms with Crippen molar-refractivity contribution >= 4 is 0 Å². The minimum Gasteiger partial charge on any atom is -0.327 e. The Labute approximate surface area is 100 Å².